The van der Waals surface area contributed by atoms with Gasteiger partial charge in [-0.3, -0.25) is 14.5 Å². The van der Waals surface area contributed by atoms with Crippen molar-refractivity contribution in [1.29, 1.82) is 0 Å². The SMILES string of the molecule is CCCN1C(=O)C(c2ccc(OC)c(OC)c2)=C(N(C)CCO)C1=O. The number of hydrogen-bond acceptors (Lipinski definition) is 6. The molecule has 0 aliphatic carbocycles. The van der Waals surface area contributed by atoms with Gasteiger partial charge in [0.15, 0.2) is 11.5 Å². The maximum Gasteiger partial charge on any atom is 0.277 e. The third kappa shape index (κ3) is 3.46. The van der Waals surface area contributed by atoms with Gasteiger partial charge in [-0.15, -0.1) is 0 Å². The lowest BCUT2D eigenvalue weighted by Crippen LogP contribution is -2.35. The molecule has 1 aromatic carbocycles. The number of carbonyl (C=O) groups excluding carboxylic acids is 2. The van der Waals surface area contributed by atoms with E-state index in [-0.39, 0.29) is 25.0 Å². The van der Waals surface area contributed by atoms with Gasteiger partial charge in [-0.05, 0) is 24.1 Å². The Morgan fingerprint density at radius 3 is 2.36 bits per heavy atom. The molecule has 1 heterocycles. The highest BCUT2D eigenvalue weighted by Crippen LogP contribution is 2.36. The summed E-state index contributed by atoms with van der Waals surface area (Å²) in [7, 11) is 4.73. The molecule has 0 saturated heterocycles. The lowest BCUT2D eigenvalue weighted by atomic mass is 10.0. The molecular weight excluding hydrogens is 324 g/mol. The van der Waals surface area contributed by atoms with Crippen molar-refractivity contribution in [2.45, 2.75) is 13.3 Å². The molecule has 136 valence electrons. The number of imide groups is 1. The first-order valence-electron chi connectivity index (χ1n) is 8.14. The summed E-state index contributed by atoms with van der Waals surface area (Å²) in [5, 5.41) is 9.22. The molecule has 0 spiro atoms. The quantitative estimate of drug-likeness (QED) is 0.709. The van der Waals surface area contributed by atoms with Crippen LogP contribution in [0.25, 0.3) is 5.57 Å². The van der Waals surface area contributed by atoms with Crippen LogP contribution in [-0.2, 0) is 9.59 Å². The molecule has 1 N–H and O–H groups in total. The number of benzene rings is 1. The van der Waals surface area contributed by atoms with Gasteiger partial charge in [0.05, 0.1) is 26.4 Å². The molecule has 25 heavy (non-hydrogen) atoms. The lowest BCUT2D eigenvalue weighted by Gasteiger charge is -2.20. The summed E-state index contributed by atoms with van der Waals surface area (Å²) in [4.78, 5) is 28.5. The van der Waals surface area contributed by atoms with Gasteiger partial charge in [-0.25, -0.2) is 0 Å². The lowest BCUT2D eigenvalue weighted by molar-refractivity contribution is -0.137. The van der Waals surface area contributed by atoms with E-state index >= 15 is 0 Å². The van der Waals surface area contributed by atoms with Crippen molar-refractivity contribution in [3.63, 3.8) is 0 Å². The van der Waals surface area contributed by atoms with Crippen molar-refractivity contribution in [2.24, 2.45) is 0 Å². The zero-order chi connectivity index (χ0) is 18.6. The molecule has 0 aromatic heterocycles. The minimum atomic E-state index is -0.340. The van der Waals surface area contributed by atoms with E-state index in [9.17, 15) is 14.7 Å². The molecule has 0 unspecified atom stereocenters. The normalized spacial score (nSPS) is 14.4. The van der Waals surface area contributed by atoms with E-state index in [1.54, 1.807) is 30.1 Å². The number of methoxy groups -OCH3 is 2. The second kappa shape index (κ2) is 8.02. The molecule has 0 atom stereocenters. The van der Waals surface area contributed by atoms with E-state index in [0.29, 0.717) is 41.3 Å². The molecule has 1 aliphatic heterocycles. The average Bonchev–Trinajstić information content (AvgIpc) is 2.86. The second-order valence-electron chi connectivity index (χ2n) is 5.70. The molecule has 7 heteroatoms. The highest BCUT2D eigenvalue weighted by molar-refractivity contribution is 6.35. The van der Waals surface area contributed by atoms with Crippen LogP contribution in [0, 0.1) is 0 Å². The van der Waals surface area contributed by atoms with E-state index in [2.05, 4.69) is 0 Å². The largest absolute Gasteiger partial charge is 0.493 e. The number of likely N-dealkylation sites (N-methyl/N-ethyl adjacent to an activating group) is 1. The number of hydrogen-bond donors (Lipinski definition) is 1. The van der Waals surface area contributed by atoms with Crippen molar-refractivity contribution < 1.29 is 24.2 Å². The first-order valence-corrected chi connectivity index (χ1v) is 8.14. The summed E-state index contributed by atoms with van der Waals surface area (Å²) in [5.41, 5.74) is 1.18. The van der Waals surface area contributed by atoms with Gasteiger partial charge < -0.3 is 19.5 Å². The Morgan fingerprint density at radius 1 is 1.12 bits per heavy atom. The standard InChI is InChI=1S/C18H24N2O5/c1-5-8-20-17(22)15(16(18(20)23)19(2)9-10-21)12-6-7-13(24-3)14(11-12)25-4/h6-7,11,21H,5,8-10H2,1-4H3. The molecule has 0 fully saturated rings. The van der Waals surface area contributed by atoms with Crippen LogP contribution < -0.4 is 9.47 Å². The van der Waals surface area contributed by atoms with Gasteiger partial charge in [0.2, 0.25) is 0 Å². The fraction of sp³-hybridized carbons (Fsp3) is 0.444. The van der Waals surface area contributed by atoms with E-state index in [1.807, 2.05) is 6.92 Å². The monoisotopic (exact) mass is 348 g/mol. The van der Waals surface area contributed by atoms with Crippen LogP contribution in [0.5, 0.6) is 11.5 Å². The number of nitrogens with zero attached hydrogens (tertiary/aromatic N) is 2. The molecular formula is C18H24N2O5. The summed E-state index contributed by atoms with van der Waals surface area (Å²) in [6.07, 6.45) is 0.674. The smallest absolute Gasteiger partial charge is 0.277 e. The molecule has 7 nitrogen and oxygen atoms in total. The van der Waals surface area contributed by atoms with Gasteiger partial charge in [0.1, 0.15) is 5.70 Å². The minimum absolute atomic E-state index is 0.117. The third-order valence-electron chi connectivity index (χ3n) is 4.08. The van der Waals surface area contributed by atoms with Crippen molar-refractivity contribution in [1.82, 2.24) is 9.80 Å². The van der Waals surface area contributed by atoms with Gasteiger partial charge in [0.25, 0.3) is 11.8 Å². The predicted octanol–water partition coefficient (Wildman–Crippen LogP) is 1.12. The Labute approximate surface area is 147 Å². The topological polar surface area (TPSA) is 79.3 Å². The van der Waals surface area contributed by atoms with Gasteiger partial charge in [0, 0.05) is 20.1 Å². The molecule has 0 bridgehead atoms. The van der Waals surface area contributed by atoms with Crippen LogP contribution in [-0.4, -0.2) is 67.7 Å². The Balaban J connectivity index is 2.59. The summed E-state index contributed by atoms with van der Waals surface area (Å²) < 4.78 is 10.5. The Kier molecular flexibility index (Phi) is 6.03. The van der Waals surface area contributed by atoms with Crippen LogP contribution in [0.2, 0.25) is 0 Å². The molecule has 0 radical (unpaired) electrons. The van der Waals surface area contributed by atoms with Crippen LogP contribution in [0.4, 0.5) is 0 Å². The highest BCUT2D eigenvalue weighted by atomic mass is 16.5. The van der Waals surface area contributed by atoms with Crippen LogP contribution in [0.1, 0.15) is 18.9 Å². The maximum atomic E-state index is 12.9. The highest BCUT2D eigenvalue weighted by Gasteiger charge is 2.40. The van der Waals surface area contributed by atoms with Crippen molar-refractivity contribution in [3.05, 3.63) is 29.5 Å². The van der Waals surface area contributed by atoms with E-state index < -0.39 is 0 Å². The average molecular weight is 348 g/mol. The van der Waals surface area contributed by atoms with Crippen LogP contribution >= 0.6 is 0 Å². The fourth-order valence-corrected chi connectivity index (χ4v) is 2.86. The Hall–Kier alpha value is -2.54. The Morgan fingerprint density at radius 2 is 1.80 bits per heavy atom. The van der Waals surface area contributed by atoms with E-state index in [0.717, 1.165) is 0 Å². The number of aliphatic hydroxyl groups is 1. The number of carbonyl (C=O) groups is 2. The predicted molar refractivity (Wildman–Crippen MR) is 93.2 cm³/mol. The van der Waals surface area contributed by atoms with Gasteiger partial charge in [-0.2, -0.15) is 0 Å². The van der Waals surface area contributed by atoms with E-state index in [1.165, 1.54) is 19.1 Å². The molecule has 1 aromatic rings. The zero-order valence-corrected chi connectivity index (χ0v) is 15.0. The summed E-state index contributed by atoms with van der Waals surface area (Å²) in [6, 6.07) is 5.11. The van der Waals surface area contributed by atoms with Gasteiger partial charge in [-0.1, -0.05) is 13.0 Å². The zero-order valence-electron chi connectivity index (χ0n) is 15.0. The van der Waals surface area contributed by atoms with E-state index in [4.69, 9.17) is 9.47 Å². The molecule has 2 amide bonds. The summed E-state index contributed by atoms with van der Waals surface area (Å²) in [6.45, 7) is 2.40. The minimum Gasteiger partial charge on any atom is -0.493 e. The first kappa shape index (κ1) is 18.8. The fourth-order valence-electron chi connectivity index (χ4n) is 2.86. The number of aliphatic hydroxyl groups excluding tert-OH is 1. The number of ether oxygens (including phenoxy) is 2. The Bertz CT molecular complexity index is 699. The van der Waals surface area contributed by atoms with Gasteiger partial charge >= 0.3 is 0 Å². The number of amides is 2. The maximum absolute atomic E-state index is 12.9. The van der Waals surface area contributed by atoms with Crippen molar-refractivity contribution in [2.75, 3.05) is 41.0 Å². The molecule has 2 rings (SSSR count). The van der Waals surface area contributed by atoms with Crippen molar-refractivity contribution >= 4 is 17.4 Å². The third-order valence-corrected chi connectivity index (χ3v) is 4.08. The van der Waals surface area contributed by atoms with Crippen LogP contribution in [0.15, 0.2) is 23.9 Å². The number of rotatable bonds is 8. The molecule has 1 aliphatic rings. The first-order chi connectivity index (χ1) is 12.0. The molecule has 0 saturated carbocycles. The van der Waals surface area contributed by atoms with Crippen molar-refractivity contribution in [3.8, 4) is 11.5 Å². The summed E-state index contributed by atoms with van der Waals surface area (Å²) >= 11 is 0. The second-order valence-corrected chi connectivity index (χ2v) is 5.70. The summed E-state index contributed by atoms with van der Waals surface area (Å²) in [5.74, 6) is 0.344. The van der Waals surface area contributed by atoms with Crippen LogP contribution in [0.3, 0.4) is 0 Å².